The van der Waals surface area contributed by atoms with E-state index in [2.05, 4.69) is 18.7 Å². The molecule has 0 bridgehead atoms. The van der Waals surface area contributed by atoms with Gasteiger partial charge in [0.25, 0.3) is 0 Å². The van der Waals surface area contributed by atoms with Crippen molar-refractivity contribution < 1.29 is 9.13 Å². The van der Waals surface area contributed by atoms with E-state index in [1.807, 2.05) is 0 Å². The van der Waals surface area contributed by atoms with Gasteiger partial charge in [-0.3, -0.25) is 0 Å². The highest BCUT2D eigenvalue weighted by atomic mass is 19.1. The molecule has 2 heterocycles. The lowest BCUT2D eigenvalue weighted by Gasteiger charge is -2.41. The molecule has 1 unspecified atom stereocenters. The smallest absolute Gasteiger partial charge is 0.127 e. The average molecular weight is 292 g/mol. The molecule has 3 rings (SSSR count). The second-order valence-corrected chi connectivity index (χ2v) is 6.76. The standard InChI is InChI=1S/C17H25FN2O/c1-12(2)20-8-3-6-17(7-9-20)11-15(19)14-5-4-13(18)10-16(14)21-17/h4-5,10,12,15H,3,6-9,11,19H2,1-2H3/t15-,17?/m1/s1. The highest BCUT2D eigenvalue weighted by molar-refractivity contribution is 5.39. The highest BCUT2D eigenvalue weighted by Crippen LogP contribution is 2.43. The van der Waals surface area contributed by atoms with Crippen molar-refractivity contribution in [2.75, 3.05) is 13.1 Å². The van der Waals surface area contributed by atoms with Gasteiger partial charge in [-0.2, -0.15) is 0 Å². The summed E-state index contributed by atoms with van der Waals surface area (Å²) in [5.74, 6) is 0.391. The van der Waals surface area contributed by atoms with Gasteiger partial charge < -0.3 is 15.4 Å². The second-order valence-electron chi connectivity index (χ2n) is 6.76. The van der Waals surface area contributed by atoms with Gasteiger partial charge in [-0.25, -0.2) is 4.39 Å². The molecule has 0 saturated carbocycles. The monoisotopic (exact) mass is 292 g/mol. The minimum absolute atomic E-state index is 0.0556. The Kier molecular flexibility index (Phi) is 3.93. The molecule has 0 radical (unpaired) electrons. The zero-order valence-electron chi connectivity index (χ0n) is 12.9. The van der Waals surface area contributed by atoms with Crippen LogP contribution in [0.1, 0.15) is 51.1 Å². The van der Waals surface area contributed by atoms with Crippen LogP contribution >= 0.6 is 0 Å². The van der Waals surface area contributed by atoms with Gasteiger partial charge >= 0.3 is 0 Å². The van der Waals surface area contributed by atoms with Crippen molar-refractivity contribution in [1.29, 1.82) is 0 Å². The van der Waals surface area contributed by atoms with E-state index in [9.17, 15) is 4.39 Å². The molecule has 2 atom stereocenters. The third-order valence-electron chi connectivity index (χ3n) is 4.96. The summed E-state index contributed by atoms with van der Waals surface area (Å²) < 4.78 is 19.8. The number of halogens is 1. The first-order valence-corrected chi connectivity index (χ1v) is 7.97. The maximum atomic E-state index is 13.5. The second kappa shape index (κ2) is 5.58. The van der Waals surface area contributed by atoms with E-state index in [1.54, 1.807) is 6.07 Å². The van der Waals surface area contributed by atoms with Gasteiger partial charge in [-0.1, -0.05) is 6.07 Å². The van der Waals surface area contributed by atoms with Crippen LogP contribution < -0.4 is 10.5 Å². The fourth-order valence-electron chi connectivity index (χ4n) is 3.70. The first kappa shape index (κ1) is 14.8. The molecule has 0 aromatic heterocycles. The van der Waals surface area contributed by atoms with Crippen LogP contribution in [0.4, 0.5) is 4.39 Å². The Morgan fingerprint density at radius 2 is 2.14 bits per heavy atom. The fraction of sp³-hybridized carbons (Fsp3) is 0.647. The maximum absolute atomic E-state index is 13.5. The lowest BCUT2D eigenvalue weighted by atomic mass is 9.82. The predicted molar refractivity (Wildman–Crippen MR) is 81.9 cm³/mol. The van der Waals surface area contributed by atoms with E-state index in [4.69, 9.17) is 10.5 Å². The lowest BCUT2D eigenvalue weighted by molar-refractivity contribution is 0.0207. The zero-order valence-corrected chi connectivity index (χ0v) is 12.9. The van der Waals surface area contributed by atoms with Crippen LogP contribution in [-0.4, -0.2) is 29.6 Å². The summed E-state index contributed by atoms with van der Waals surface area (Å²) in [6.45, 7) is 6.59. The van der Waals surface area contributed by atoms with Crippen LogP contribution in [0.5, 0.6) is 5.75 Å². The number of ether oxygens (including phenoxy) is 1. The van der Waals surface area contributed by atoms with Crippen molar-refractivity contribution in [3.63, 3.8) is 0 Å². The molecule has 1 saturated heterocycles. The molecular weight excluding hydrogens is 267 g/mol. The lowest BCUT2D eigenvalue weighted by Crippen LogP contribution is -2.44. The maximum Gasteiger partial charge on any atom is 0.127 e. The predicted octanol–water partition coefficient (Wildman–Crippen LogP) is 3.24. The molecule has 3 nitrogen and oxygen atoms in total. The quantitative estimate of drug-likeness (QED) is 0.863. The van der Waals surface area contributed by atoms with Crippen molar-refractivity contribution in [2.45, 2.75) is 57.2 Å². The Morgan fingerprint density at radius 3 is 2.90 bits per heavy atom. The largest absolute Gasteiger partial charge is 0.487 e. The van der Waals surface area contributed by atoms with Crippen molar-refractivity contribution in [1.82, 2.24) is 4.90 Å². The number of likely N-dealkylation sites (tertiary alicyclic amines) is 1. The zero-order chi connectivity index (χ0) is 15.0. The molecule has 21 heavy (non-hydrogen) atoms. The van der Waals surface area contributed by atoms with Crippen LogP contribution in [0.25, 0.3) is 0 Å². The Hall–Kier alpha value is -1.13. The Bertz CT molecular complexity index is 520. The Labute approximate surface area is 126 Å². The van der Waals surface area contributed by atoms with Crippen molar-refractivity contribution in [3.8, 4) is 5.75 Å². The molecule has 2 N–H and O–H groups in total. The number of nitrogens with two attached hydrogens (primary N) is 1. The van der Waals surface area contributed by atoms with Crippen LogP contribution in [0, 0.1) is 5.82 Å². The number of benzene rings is 1. The Morgan fingerprint density at radius 1 is 1.33 bits per heavy atom. The van der Waals surface area contributed by atoms with Crippen molar-refractivity contribution in [2.24, 2.45) is 5.73 Å². The minimum atomic E-state index is -0.254. The molecule has 116 valence electrons. The van der Waals surface area contributed by atoms with Crippen LogP contribution in [0.3, 0.4) is 0 Å². The van der Waals surface area contributed by atoms with Gasteiger partial charge in [0, 0.05) is 36.7 Å². The Balaban J connectivity index is 1.83. The third-order valence-corrected chi connectivity index (χ3v) is 4.96. The summed E-state index contributed by atoms with van der Waals surface area (Å²) >= 11 is 0. The molecule has 2 aliphatic heterocycles. The number of fused-ring (bicyclic) bond motifs is 1. The van der Waals surface area contributed by atoms with Crippen LogP contribution in [0.15, 0.2) is 18.2 Å². The van der Waals surface area contributed by atoms with Gasteiger partial charge in [0.2, 0.25) is 0 Å². The normalized spacial score (nSPS) is 30.0. The van der Waals surface area contributed by atoms with E-state index in [-0.39, 0.29) is 17.5 Å². The number of hydrogen-bond acceptors (Lipinski definition) is 3. The third kappa shape index (κ3) is 2.92. The average Bonchev–Trinajstić information content (AvgIpc) is 2.61. The molecule has 2 aliphatic rings. The number of hydrogen-bond donors (Lipinski definition) is 1. The summed E-state index contributed by atoms with van der Waals surface area (Å²) in [5.41, 5.74) is 7.05. The van der Waals surface area contributed by atoms with Crippen LogP contribution in [0.2, 0.25) is 0 Å². The molecule has 1 aromatic rings. The van der Waals surface area contributed by atoms with E-state index < -0.39 is 0 Å². The molecule has 1 aromatic carbocycles. The van der Waals surface area contributed by atoms with Crippen molar-refractivity contribution in [3.05, 3.63) is 29.6 Å². The van der Waals surface area contributed by atoms with Gasteiger partial charge in [0.15, 0.2) is 0 Å². The van der Waals surface area contributed by atoms with E-state index in [0.29, 0.717) is 11.8 Å². The molecule has 4 heteroatoms. The molecule has 0 amide bonds. The van der Waals surface area contributed by atoms with Crippen LogP contribution in [-0.2, 0) is 0 Å². The fourth-order valence-corrected chi connectivity index (χ4v) is 3.70. The number of rotatable bonds is 1. The molecule has 1 spiro atoms. The summed E-state index contributed by atoms with van der Waals surface area (Å²) in [7, 11) is 0. The molecule has 0 aliphatic carbocycles. The van der Waals surface area contributed by atoms with Gasteiger partial charge in [-0.15, -0.1) is 0 Å². The van der Waals surface area contributed by atoms with Gasteiger partial charge in [-0.05, 0) is 45.7 Å². The first-order valence-electron chi connectivity index (χ1n) is 7.97. The summed E-state index contributed by atoms with van der Waals surface area (Å²) in [4.78, 5) is 2.49. The molecular formula is C17H25FN2O. The summed E-state index contributed by atoms with van der Waals surface area (Å²) in [6.07, 6.45) is 3.90. The van der Waals surface area contributed by atoms with Crippen molar-refractivity contribution >= 4 is 0 Å². The SMILES string of the molecule is CC(C)N1CCCC2(CC1)C[C@@H](N)c1ccc(F)cc1O2. The number of nitrogens with zero attached hydrogens (tertiary/aromatic N) is 1. The topological polar surface area (TPSA) is 38.5 Å². The van der Waals surface area contributed by atoms with Gasteiger partial charge in [0.05, 0.1) is 0 Å². The van der Waals surface area contributed by atoms with E-state index in [0.717, 1.165) is 44.3 Å². The first-order chi connectivity index (χ1) is 9.99. The summed E-state index contributed by atoms with van der Waals surface area (Å²) in [5, 5.41) is 0. The van der Waals surface area contributed by atoms with Gasteiger partial charge in [0.1, 0.15) is 17.2 Å². The molecule has 1 fully saturated rings. The minimum Gasteiger partial charge on any atom is -0.487 e. The van der Waals surface area contributed by atoms with E-state index >= 15 is 0 Å². The highest BCUT2D eigenvalue weighted by Gasteiger charge is 2.41. The summed E-state index contributed by atoms with van der Waals surface area (Å²) in [6, 6.07) is 5.22. The van der Waals surface area contributed by atoms with E-state index in [1.165, 1.54) is 12.1 Å².